The Balaban J connectivity index is 1.85. The van der Waals surface area contributed by atoms with Crippen molar-refractivity contribution in [2.24, 2.45) is 7.05 Å². The van der Waals surface area contributed by atoms with E-state index < -0.39 is 23.9 Å². The maximum atomic E-state index is 12.9. The van der Waals surface area contributed by atoms with Crippen LogP contribution in [0.1, 0.15) is 29.3 Å². The van der Waals surface area contributed by atoms with Crippen LogP contribution in [0.5, 0.6) is 0 Å². The molecule has 1 aliphatic rings. The lowest BCUT2D eigenvalue weighted by Gasteiger charge is -2.25. The summed E-state index contributed by atoms with van der Waals surface area (Å²) in [5.74, 6) is -0.248. The van der Waals surface area contributed by atoms with E-state index in [0.717, 1.165) is 12.1 Å². The van der Waals surface area contributed by atoms with Crippen molar-refractivity contribution in [1.29, 1.82) is 0 Å². The van der Waals surface area contributed by atoms with Crippen molar-refractivity contribution in [2.45, 2.75) is 31.2 Å². The molecule has 1 saturated heterocycles. The molecule has 2 atom stereocenters. The fourth-order valence-corrected chi connectivity index (χ4v) is 3.16. The lowest BCUT2D eigenvalue weighted by atomic mass is 10.0. The van der Waals surface area contributed by atoms with Crippen LogP contribution in [0.3, 0.4) is 0 Å². The van der Waals surface area contributed by atoms with Gasteiger partial charge in [0.15, 0.2) is 0 Å². The standard InChI is InChI=1S/C17H18F3N3O2/c1-22-13(5-6-21-22)8-16(25)23-10-14(24)9-15(23)11-3-2-4-12(7-11)17(18,19)20/h2-7,14-15,24H,8-10H2,1H3. The highest BCUT2D eigenvalue weighted by molar-refractivity contribution is 5.79. The predicted octanol–water partition coefficient (Wildman–Crippen LogP) is 2.32. The average molecular weight is 353 g/mol. The summed E-state index contributed by atoms with van der Waals surface area (Å²) in [4.78, 5) is 14.1. The third-order valence-corrected chi connectivity index (χ3v) is 4.45. The number of aliphatic hydroxyl groups is 1. The van der Waals surface area contributed by atoms with E-state index in [-0.39, 0.29) is 25.3 Å². The Labute approximate surface area is 142 Å². The molecule has 1 N–H and O–H groups in total. The number of halogens is 3. The fraction of sp³-hybridized carbons (Fsp3) is 0.412. The Morgan fingerprint density at radius 2 is 2.12 bits per heavy atom. The number of carbonyl (C=O) groups is 1. The SMILES string of the molecule is Cn1nccc1CC(=O)N1CC(O)CC1c1cccc(C(F)(F)F)c1. The van der Waals surface area contributed by atoms with Crippen molar-refractivity contribution >= 4 is 5.91 Å². The second-order valence-corrected chi connectivity index (χ2v) is 6.20. The van der Waals surface area contributed by atoms with E-state index >= 15 is 0 Å². The molecule has 2 aromatic rings. The normalized spacial score (nSPS) is 20.9. The van der Waals surface area contributed by atoms with E-state index in [4.69, 9.17) is 0 Å². The Morgan fingerprint density at radius 3 is 2.76 bits per heavy atom. The number of alkyl halides is 3. The zero-order valence-electron chi connectivity index (χ0n) is 13.6. The number of aromatic nitrogens is 2. The lowest BCUT2D eigenvalue weighted by Crippen LogP contribution is -2.33. The molecular weight excluding hydrogens is 335 g/mol. The van der Waals surface area contributed by atoms with Crippen LogP contribution >= 0.6 is 0 Å². The third kappa shape index (κ3) is 3.68. The number of likely N-dealkylation sites (tertiary alicyclic amines) is 1. The predicted molar refractivity (Wildman–Crippen MR) is 83.4 cm³/mol. The molecule has 3 rings (SSSR count). The largest absolute Gasteiger partial charge is 0.416 e. The van der Waals surface area contributed by atoms with Crippen LogP contribution in [-0.2, 0) is 24.4 Å². The first-order valence-electron chi connectivity index (χ1n) is 7.87. The molecule has 25 heavy (non-hydrogen) atoms. The molecule has 5 nitrogen and oxygen atoms in total. The Kier molecular flexibility index (Phi) is 4.55. The number of hydrogen-bond donors (Lipinski definition) is 1. The van der Waals surface area contributed by atoms with E-state index in [9.17, 15) is 23.1 Å². The summed E-state index contributed by atoms with van der Waals surface area (Å²) < 4.78 is 40.4. The molecule has 0 aliphatic carbocycles. The van der Waals surface area contributed by atoms with E-state index in [1.54, 1.807) is 30.1 Å². The van der Waals surface area contributed by atoms with E-state index in [1.165, 1.54) is 11.0 Å². The summed E-state index contributed by atoms with van der Waals surface area (Å²) >= 11 is 0. The van der Waals surface area contributed by atoms with E-state index in [1.807, 2.05) is 0 Å². The first-order chi connectivity index (χ1) is 11.8. The van der Waals surface area contributed by atoms with Gasteiger partial charge in [0, 0.05) is 25.5 Å². The quantitative estimate of drug-likeness (QED) is 0.921. The van der Waals surface area contributed by atoms with Gasteiger partial charge in [-0.3, -0.25) is 9.48 Å². The maximum absolute atomic E-state index is 12.9. The Morgan fingerprint density at radius 1 is 1.36 bits per heavy atom. The van der Waals surface area contributed by atoms with Gasteiger partial charge < -0.3 is 10.0 Å². The molecule has 0 saturated carbocycles. The Hall–Kier alpha value is -2.35. The van der Waals surface area contributed by atoms with Crippen molar-refractivity contribution in [2.75, 3.05) is 6.54 Å². The minimum absolute atomic E-state index is 0.0820. The summed E-state index contributed by atoms with van der Waals surface area (Å²) in [5.41, 5.74) is 0.323. The van der Waals surface area contributed by atoms with Gasteiger partial charge in [-0.1, -0.05) is 12.1 Å². The van der Waals surface area contributed by atoms with Crippen LogP contribution in [-0.4, -0.2) is 38.3 Å². The Bertz CT molecular complexity index is 772. The molecule has 1 aromatic carbocycles. The average Bonchev–Trinajstić information content (AvgIpc) is 3.13. The number of aliphatic hydroxyl groups excluding tert-OH is 1. The highest BCUT2D eigenvalue weighted by atomic mass is 19.4. The molecule has 2 unspecified atom stereocenters. The first-order valence-corrected chi connectivity index (χ1v) is 7.87. The van der Waals surface area contributed by atoms with E-state index in [0.29, 0.717) is 11.3 Å². The number of benzene rings is 1. The summed E-state index contributed by atoms with van der Waals surface area (Å²) in [6.45, 7) is 0.109. The highest BCUT2D eigenvalue weighted by Crippen LogP contribution is 2.36. The molecule has 1 aliphatic heterocycles. The monoisotopic (exact) mass is 353 g/mol. The topological polar surface area (TPSA) is 58.4 Å². The number of aryl methyl sites for hydroxylation is 1. The van der Waals surface area contributed by atoms with Gasteiger partial charge in [-0.05, 0) is 30.2 Å². The molecule has 0 bridgehead atoms. The number of nitrogens with zero attached hydrogens (tertiary/aromatic N) is 3. The van der Waals surface area contributed by atoms with Crippen LogP contribution in [0, 0.1) is 0 Å². The zero-order chi connectivity index (χ0) is 18.2. The summed E-state index contributed by atoms with van der Waals surface area (Å²) in [6, 6.07) is 6.07. The van der Waals surface area contributed by atoms with Crippen molar-refractivity contribution in [1.82, 2.24) is 14.7 Å². The number of amides is 1. The van der Waals surface area contributed by atoms with Crippen molar-refractivity contribution < 1.29 is 23.1 Å². The molecule has 134 valence electrons. The highest BCUT2D eigenvalue weighted by Gasteiger charge is 2.37. The van der Waals surface area contributed by atoms with Gasteiger partial charge in [0.1, 0.15) is 0 Å². The van der Waals surface area contributed by atoms with Crippen LogP contribution < -0.4 is 0 Å². The van der Waals surface area contributed by atoms with Gasteiger partial charge in [-0.15, -0.1) is 0 Å². The van der Waals surface area contributed by atoms with Gasteiger partial charge in [0.2, 0.25) is 5.91 Å². The second-order valence-electron chi connectivity index (χ2n) is 6.20. The van der Waals surface area contributed by atoms with Gasteiger partial charge in [0.05, 0.1) is 24.1 Å². The zero-order valence-corrected chi connectivity index (χ0v) is 13.6. The molecule has 1 fully saturated rings. The minimum Gasteiger partial charge on any atom is -0.391 e. The first kappa shape index (κ1) is 17.5. The fourth-order valence-electron chi connectivity index (χ4n) is 3.16. The lowest BCUT2D eigenvalue weighted by molar-refractivity contribution is -0.137. The number of β-amino-alcohol motifs (C(OH)–C–C–N with tert-alkyl or cyclic N) is 1. The summed E-state index contributed by atoms with van der Waals surface area (Å²) in [7, 11) is 1.71. The third-order valence-electron chi connectivity index (χ3n) is 4.45. The number of hydrogen-bond acceptors (Lipinski definition) is 3. The maximum Gasteiger partial charge on any atom is 0.416 e. The van der Waals surface area contributed by atoms with Gasteiger partial charge >= 0.3 is 6.18 Å². The summed E-state index contributed by atoms with van der Waals surface area (Å²) in [5, 5.41) is 14.0. The number of carbonyl (C=O) groups excluding carboxylic acids is 1. The van der Waals surface area contributed by atoms with Gasteiger partial charge in [0.25, 0.3) is 0 Å². The smallest absolute Gasteiger partial charge is 0.391 e. The van der Waals surface area contributed by atoms with Crippen LogP contribution in [0.4, 0.5) is 13.2 Å². The van der Waals surface area contributed by atoms with Gasteiger partial charge in [-0.2, -0.15) is 18.3 Å². The summed E-state index contributed by atoms with van der Waals surface area (Å²) in [6.07, 6.45) is -3.32. The minimum atomic E-state index is -4.45. The van der Waals surface area contributed by atoms with Crippen LogP contribution in [0.2, 0.25) is 0 Å². The van der Waals surface area contributed by atoms with E-state index in [2.05, 4.69) is 5.10 Å². The van der Waals surface area contributed by atoms with Crippen molar-refractivity contribution in [3.63, 3.8) is 0 Å². The molecule has 0 radical (unpaired) electrons. The molecule has 1 amide bonds. The van der Waals surface area contributed by atoms with Crippen molar-refractivity contribution in [3.05, 3.63) is 53.3 Å². The van der Waals surface area contributed by atoms with Crippen LogP contribution in [0.25, 0.3) is 0 Å². The van der Waals surface area contributed by atoms with Crippen LogP contribution in [0.15, 0.2) is 36.5 Å². The molecule has 1 aromatic heterocycles. The van der Waals surface area contributed by atoms with Crippen molar-refractivity contribution in [3.8, 4) is 0 Å². The molecular formula is C17H18F3N3O2. The second kappa shape index (κ2) is 6.51. The molecule has 0 spiro atoms. The molecule has 8 heteroatoms. The number of rotatable bonds is 3. The van der Waals surface area contributed by atoms with Gasteiger partial charge in [-0.25, -0.2) is 0 Å². The molecule has 2 heterocycles.